The van der Waals surface area contributed by atoms with Crippen molar-refractivity contribution >= 4 is 21.7 Å². The molecule has 0 aromatic carbocycles. The summed E-state index contributed by atoms with van der Waals surface area (Å²) < 4.78 is 26.8. The predicted octanol–water partition coefficient (Wildman–Crippen LogP) is 0.562. The van der Waals surface area contributed by atoms with Gasteiger partial charge in [0.15, 0.2) is 0 Å². The van der Waals surface area contributed by atoms with Crippen LogP contribution < -0.4 is 15.4 Å². The van der Waals surface area contributed by atoms with Gasteiger partial charge in [-0.2, -0.15) is 4.72 Å². The zero-order valence-corrected chi connectivity index (χ0v) is 13.5. The third kappa shape index (κ3) is 5.31. The normalized spacial score (nSPS) is 13.0. The Morgan fingerprint density at radius 3 is 2.57 bits per heavy atom. The molecule has 0 aliphatic rings. The highest BCUT2D eigenvalue weighted by molar-refractivity contribution is 7.89. The average Bonchev–Trinajstić information content (AvgIpc) is 2.44. The van der Waals surface area contributed by atoms with Gasteiger partial charge >= 0.3 is 0 Å². The highest BCUT2D eigenvalue weighted by Crippen LogP contribution is 2.12. The fraction of sp³-hybridized carbons (Fsp3) is 0.538. The number of hydrogen-bond donors (Lipinski definition) is 3. The first-order valence-electron chi connectivity index (χ1n) is 6.70. The molecule has 0 saturated heterocycles. The van der Waals surface area contributed by atoms with Gasteiger partial charge in [0.2, 0.25) is 15.9 Å². The van der Waals surface area contributed by atoms with E-state index < -0.39 is 16.1 Å². The van der Waals surface area contributed by atoms with Gasteiger partial charge in [-0.3, -0.25) is 4.79 Å². The Kier molecular flexibility index (Phi) is 6.10. The van der Waals surface area contributed by atoms with Gasteiger partial charge in [0.1, 0.15) is 5.82 Å². The number of nitrogens with one attached hydrogen (secondary N) is 3. The summed E-state index contributed by atoms with van der Waals surface area (Å²) in [4.78, 5) is 15.8. The smallest absolute Gasteiger partial charge is 0.241 e. The molecule has 3 N–H and O–H groups in total. The van der Waals surface area contributed by atoms with Crippen molar-refractivity contribution in [3.05, 3.63) is 18.3 Å². The van der Waals surface area contributed by atoms with E-state index in [1.165, 1.54) is 25.3 Å². The number of carbonyl (C=O) groups is 1. The molecule has 1 aromatic heterocycles. The molecule has 1 unspecified atom stereocenters. The summed E-state index contributed by atoms with van der Waals surface area (Å²) in [5, 5.41) is 5.45. The Balaban J connectivity index is 2.77. The third-order valence-electron chi connectivity index (χ3n) is 2.71. The number of aromatic nitrogens is 1. The fourth-order valence-corrected chi connectivity index (χ4v) is 2.74. The minimum absolute atomic E-state index is 0.0605. The van der Waals surface area contributed by atoms with Gasteiger partial charge < -0.3 is 10.6 Å². The van der Waals surface area contributed by atoms with Crippen molar-refractivity contribution < 1.29 is 13.2 Å². The van der Waals surface area contributed by atoms with Crippen molar-refractivity contribution in [1.29, 1.82) is 0 Å². The Morgan fingerprint density at radius 1 is 1.33 bits per heavy atom. The average molecular weight is 314 g/mol. The van der Waals surface area contributed by atoms with Gasteiger partial charge in [-0.15, -0.1) is 0 Å². The number of anilines is 1. The van der Waals surface area contributed by atoms with Crippen LogP contribution in [0.2, 0.25) is 0 Å². The largest absolute Gasteiger partial charge is 0.373 e. The van der Waals surface area contributed by atoms with Crippen molar-refractivity contribution in [3.63, 3.8) is 0 Å². The zero-order chi connectivity index (χ0) is 16.0. The molecule has 8 heteroatoms. The molecule has 1 atom stereocenters. The molecule has 0 fully saturated rings. The van der Waals surface area contributed by atoms with Crippen molar-refractivity contribution in [2.75, 3.05) is 18.9 Å². The Morgan fingerprint density at radius 2 is 2.00 bits per heavy atom. The first kappa shape index (κ1) is 17.4. The first-order chi connectivity index (χ1) is 9.76. The number of nitrogens with zero attached hydrogens (tertiary/aromatic N) is 1. The van der Waals surface area contributed by atoms with Crippen molar-refractivity contribution in [3.8, 4) is 0 Å². The lowest BCUT2D eigenvalue weighted by molar-refractivity contribution is -0.122. The van der Waals surface area contributed by atoms with Gasteiger partial charge in [-0.25, -0.2) is 13.4 Å². The van der Waals surface area contributed by atoms with Gasteiger partial charge in [0.25, 0.3) is 0 Å². The van der Waals surface area contributed by atoms with Crippen LogP contribution in [0.3, 0.4) is 0 Å². The molecule has 0 aliphatic carbocycles. The maximum atomic E-state index is 12.2. The molecule has 0 aliphatic heterocycles. The van der Waals surface area contributed by atoms with E-state index in [2.05, 4.69) is 20.3 Å². The monoisotopic (exact) mass is 314 g/mol. The van der Waals surface area contributed by atoms with Gasteiger partial charge in [-0.1, -0.05) is 13.8 Å². The Hall–Kier alpha value is -1.67. The highest BCUT2D eigenvalue weighted by atomic mass is 32.2. The maximum Gasteiger partial charge on any atom is 0.241 e. The molecule has 1 heterocycles. The van der Waals surface area contributed by atoms with E-state index in [0.29, 0.717) is 18.3 Å². The second-order valence-electron chi connectivity index (χ2n) is 5.11. The van der Waals surface area contributed by atoms with E-state index in [1.54, 1.807) is 7.05 Å². The number of carbonyl (C=O) groups excluding carboxylic acids is 1. The minimum Gasteiger partial charge on any atom is -0.373 e. The molecule has 7 nitrogen and oxygen atoms in total. The third-order valence-corrected chi connectivity index (χ3v) is 4.25. The molecule has 118 valence electrons. The molecular weight excluding hydrogens is 292 g/mol. The van der Waals surface area contributed by atoms with Gasteiger partial charge in [0.05, 0.1) is 10.9 Å². The van der Waals surface area contributed by atoms with Crippen LogP contribution in [-0.2, 0) is 14.8 Å². The number of rotatable bonds is 7. The van der Waals surface area contributed by atoms with Crippen LogP contribution >= 0.6 is 0 Å². The number of pyridine rings is 1. The van der Waals surface area contributed by atoms with Crippen LogP contribution in [0.5, 0.6) is 0 Å². The van der Waals surface area contributed by atoms with Crippen molar-refractivity contribution in [2.24, 2.45) is 5.92 Å². The van der Waals surface area contributed by atoms with E-state index in [1.807, 2.05) is 13.8 Å². The van der Waals surface area contributed by atoms with Crippen molar-refractivity contribution in [2.45, 2.75) is 31.7 Å². The second kappa shape index (κ2) is 7.37. The predicted molar refractivity (Wildman–Crippen MR) is 81.4 cm³/mol. The first-order valence-corrected chi connectivity index (χ1v) is 8.18. The van der Waals surface area contributed by atoms with E-state index in [0.717, 1.165) is 0 Å². The molecule has 21 heavy (non-hydrogen) atoms. The molecule has 0 bridgehead atoms. The topological polar surface area (TPSA) is 100 Å². The molecule has 0 spiro atoms. The van der Waals surface area contributed by atoms with E-state index >= 15 is 0 Å². The molecule has 1 aromatic rings. The van der Waals surface area contributed by atoms with Crippen LogP contribution in [0.1, 0.15) is 20.8 Å². The SMILES string of the molecule is CNc1cc(S(=O)(=O)NC(C)C(=O)NCC(C)C)ccn1. The Bertz CT molecular complexity index is 587. The fourth-order valence-electron chi connectivity index (χ4n) is 1.53. The number of sulfonamides is 1. The summed E-state index contributed by atoms with van der Waals surface area (Å²) >= 11 is 0. The number of amides is 1. The quantitative estimate of drug-likeness (QED) is 0.683. The van der Waals surface area contributed by atoms with Crippen LogP contribution in [0.25, 0.3) is 0 Å². The van der Waals surface area contributed by atoms with Crippen molar-refractivity contribution in [1.82, 2.24) is 15.0 Å². The highest BCUT2D eigenvalue weighted by Gasteiger charge is 2.22. The van der Waals surface area contributed by atoms with E-state index in [9.17, 15) is 13.2 Å². The van der Waals surface area contributed by atoms with Crippen LogP contribution in [-0.4, -0.2) is 38.9 Å². The van der Waals surface area contributed by atoms with Gasteiger partial charge in [-0.05, 0) is 18.9 Å². The summed E-state index contributed by atoms with van der Waals surface area (Å²) in [5.41, 5.74) is 0. The summed E-state index contributed by atoms with van der Waals surface area (Å²) in [5.74, 6) is 0.390. The lowest BCUT2D eigenvalue weighted by atomic mass is 10.2. The lowest BCUT2D eigenvalue weighted by Gasteiger charge is -2.15. The van der Waals surface area contributed by atoms with E-state index in [4.69, 9.17) is 0 Å². The minimum atomic E-state index is -3.77. The van der Waals surface area contributed by atoms with Crippen LogP contribution in [0, 0.1) is 5.92 Å². The standard InChI is InChI=1S/C13H22N4O3S/c1-9(2)8-16-13(18)10(3)17-21(19,20)11-5-6-15-12(7-11)14-4/h5-7,9-10,17H,8H2,1-4H3,(H,14,15)(H,16,18). The van der Waals surface area contributed by atoms with Gasteiger partial charge in [0, 0.05) is 25.9 Å². The van der Waals surface area contributed by atoms with Crippen LogP contribution in [0.15, 0.2) is 23.2 Å². The molecular formula is C13H22N4O3S. The molecule has 1 rings (SSSR count). The molecule has 0 radical (unpaired) electrons. The lowest BCUT2D eigenvalue weighted by Crippen LogP contribution is -2.45. The summed E-state index contributed by atoms with van der Waals surface area (Å²) in [7, 11) is -2.12. The molecule has 1 amide bonds. The summed E-state index contributed by atoms with van der Waals surface area (Å²) in [6, 6.07) is 1.93. The maximum absolute atomic E-state index is 12.2. The Labute approximate surface area is 125 Å². The summed E-state index contributed by atoms with van der Waals surface area (Å²) in [6.07, 6.45) is 1.39. The number of hydrogen-bond acceptors (Lipinski definition) is 5. The molecule has 0 saturated carbocycles. The van der Waals surface area contributed by atoms with Crippen LogP contribution in [0.4, 0.5) is 5.82 Å². The van der Waals surface area contributed by atoms with E-state index in [-0.39, 0.29) is 10.8 Å². The second-order valence-corrected chi connectivity index (χ2v) is 6.82. The zero-order valence-electron chi connectivity index (χ0n) is 12.7. The summed E-state index contributed by atoms with van der Waals surface area (Å²) in [6.45, 7) is 5.94.